The highest BCUT2D eigenvalue weighted by molar-refractivity contribution is 5.94. The molecule has 2 N–H and O–H groups in total. The lowest BCUT2D eigenvalue weighted by atomic mass is 9.86. The molecule has 0 spiro atoms. The maximum atomic E-state index is 12.3. The van der Waals surface area contributed by atoms with Crippen molar-refractivity contribution in [1.82, 2.24) is 20.1 Å². The number of nitrogens with zero attached hydrogens (tertiary/aromatic N) is 3. The minimum atomic E-state index is -1.04. The van der Waals surface area contributed by atoms with Crippen molar-refractivity contribution >= 4 is 5.91 Å². The summed E-state index contributed by atoms with van der Waals surface area (Å²) in [6.07, 6.45) is 6.46. The molecule has 0 bridgehead atoms. The zero-order valence-corrected chi connectivity index (χ0v) is 12.7. The maximum Gasteiger partial charge on any atom is 0.254 e. The van der Waals surface area contributed by atoms with Gasteiger partial charge in [-0.05, 0) is 39.8 Å². The molecule has 2 heterocycles. The highest BCUT2D eigenvalue weighted by Gasteiger charge is 2.36. The lowest BCUT2D eigenvalue weighted by molar-refractivity contribution is -0.00292. The predicted octanol–water partition coefficient (Wildman–Crippen LogP) is 1.55. The second-order valence-electron chi connectivity index (χ2n) is 6.02. The van der Waals surface area contributed by atoms with Crippen LogP contribution in [0.1, 0.15) is 38.1 Å². The van der Waals surface area contributed by atoms with Gasteiger partial charge in [-0.15, -0.1) is 0 Å². The first kappa shape index (κ1) is 15.2. The quantitative estimate of drug-likeness (QED) is 0.894. The summed E-state index contributed by atoms with van der Waals surface area (Å²) >= 11 is 0. The molecule has 2 aromatic rings. The van der Waals surface area contributed by atoms with Crippen LogP contribution in [0.4, 0.5) is 0 Å². The van der Waals surface area contributed by atoms with Crippen LogP contribution in [-0.4, -0.2) is 36.9 Å². The largest absolute Gasteiger partial charge is 0.388 e. The van der Waals surface area contributed by atoms with Crippen molar-refractivity contribution < 1.29 is 9.90 Å². The number of nitrogens with one attached hydrogen (secondary N) is 1. The number of aliphatic hydroxyl groups is 1. The Kier molecular flexibility index (Phi) is 3.82. The molecular formula is C15H20N4O2. The summed E-state index contributed by atoms with van der Waals surface area (Å²) < 4.78 is 1.58. The van der Waals surface area contributed by atoms with Gasteiger partial charge in [-0.2, -0.15) is 5.10 Å². The Bertz CT molecular complexity index is 627. The predicted molar refractivity (Wildman–Crippen MR) is 79.2 cm³/mol. The van der Waals surface area contributed by atoms with Crippen LogP contribution in [0.5, 0.6) is 0 Å². The number of carbonyl (C=O) groups excluding carboxylic acids is 1. The summed E-state index contributed by atoms with van der Waals surface area (Å²) in [5, 5.41) is 17.1. The molecule has 0 aliphatic heterocycles. The van der Waals surface area contributed by atoms with Gasteiger partial charge in [0.2, 0.25) is 0 Å². The molecule has 112 valence electrons. The van der Waals surface area contributed by atoms with Gasteiger partial charge in [0.15, 0.2) is 0 Å². The molecule has 21 heavy (non-hydrogen) atoms. The van der Waals surface area contributed by atoms with Crippen LogP contribution in [0.3, 0.4) is 0 Å². The minimum absolute atomic E-state index is 0.280. The molecule has 2 aromatic heterocycles. The third-order valence-corrected chi connectivity index (χ3v) is 3.71. The molecule has 0 radical (unpaired) electrons. The SMILES string of the molecule is CC(C)(O)C(C)(C)NC(=O)c1cnn(-c2cccnc2)c1. The molecule has 0 saturated heterocycles. The Morgan fingerprint density at radius 3 is 2.57 bits per heavy atom. The van der Waals surface area contributed by atoms with E-state index >= 15 is 0 Å². The van der Waals surface area contributed by atoms with Crippen molar-refractivity contribution in [2.75, 3.05) is 0 Å². The van der Waals surface area contributed by atoms with Gasteiger partial charge in [0.05, 0.1) is 34.8 Å². The van der Waals surface area contributed by atoms with Crippen LogP contribution < -0.4 is 5.32 Å². The number of rotatable bonds is 4. The van der Waals surface area contributed by atoms with Crippen LogP contribution in [-0.2, 0) is 0 Å². The molecule has 0 fully saturated rings. The van der Waals surface area contributed by atoms with Crippen molar-refractivity contribution in [3.05, 3.63) is 42.5 Å². The summed E-state index contributed by atoms with van der Waals surface area (Å²) in [5.41, 5.74) is -0.600. The third kappa shape index (κ3) is 3.28. The smallest absolute Gasteiger partial charge is 0.254 e. The maximum absolute atomic E-state index is 12.3. The van der Waals surface area contributed by atoms with Crippen molar-refractivity contribution in [1.29, 1.82) is 0 Å². The summed E-state index contributed by atoms with van der Waals surface area (Å²) in [6.45, 7) is 6.87. The molecule has 0 atom stereocenters. The normalized spacial score (nSPS) is 12.2. The zero-order valence-electron chi connectivity index (χ0n) is 12.7. The molecule has 0 aliphatic carbocycles. The van der Waals surface area contributed by atoms with Gasteiger partial charge < -0.3 is 10.4 Å². The van der Waals surface area contributed by atoms with Gasteiger partial charge in [0.1, 0.15) is 0 Å². The van der Waals surface area contributed by atoms with E-state index in [9.17, 15) is 9.90 Å². The molecule has 2 rings (SSSR count). The molecule has 0 aromatic carbocycles. The number of aromatic nitrogens is 3. The summed E-state index contributed by atoms with van der Waals surface area (Å²) in [6, 6.07) is 3.65. The number of amides is 1. The van der Waals surface area contributed by atoms with Crippen LogP contribution in [0.15, 0.2) is 36.9 Å². The fourth-order valence-corrected chi connectivity index (χ4v) is 1.58. The fourth-order valence-electron chi connectivity index (χ4n) is 1.58. The summed E-state index contributed by atoms with van der Waals surface area (Å²) in [4.78, 5) is 16.3. The van der Waals surface area contributed by atoms with E-state index in [1.54, 1.807) is 57.0 Å². The lowest BCUT2D eigenvalue weighted by Crippen LogP contribution is -2.57. The molecule has 0 saturated carbocycles. The van der Waals surface area contributed by atoms with Gasteiger partial charge in [0, 0.05) is 12.4 Å². The molecule has 6 heteroatoms. The Morgan fingerprint density at radius 2 is 2.00 bits per heavy atom. The van der Waals surface area contributed by atoms with Crippen molar-refractivity contribution in [3.63, 3.8) is 0 Å². The van der Waals surface area contributed by atoms with Crippen LogP contribution in [0.25, 0.3) is 5.69 Å². The van der Waals surface area contributed by atoms with Gasteiger partial charge >= 0.3 is 0 Å². The lowest BCUT2D eigenvalue weighted by Gasteiger charge is -2.37. The Balaban J connectivity index is 2.17. The first-order valence-electron chi connectivity index (χ1n) is 6.71. The van der Waals surface area contributed by atoms with Crippen molar-refractivity contribution in [3.8, 4) is 5.69 Å². The Morgan fingerprint density at radius 1 is 1.29 bits per heavy atom. The number of hydrogen-bond acceptors (Lipinski definition) is 4. The number of carbonyl (C=O) groups is 1. The highest BCUT2D eigenvalue weighted by Crippen LogP contribution is 2.21. The van der Waals surface area contributed by atoms with Crippen LogP contribution in [0.2, 0.25) is 0 Å². The number of pyridine rings is 1. The van der Waals surface area contributed by atoms with Crippen LogP contribution in [0, 0.1) is 0 Å². The van der Waals surface area contributed by atoms with E-state index in [-0.39, 0.29) is 5.91 Å². The van der Waals surface area contributed by atoms with Crippen molar-refractivity contribution in [2.24, 2.45) is 0 Å². The molecule has 0 unspecified atom stereocenters. The van der Waals surface area contributed by atoms with E-state index in [0.29, 0.717) is 5.56 Å². The van der Waals surface area contributed by atoms with Gasteiger partial charge in [-0.3, -0.25) is 9.78 Å². The second kappa shape index (κ2) is 5.29. The van der Waals surface area contributed by atoms with Gasteiger partial charge in [0.25, 0.3) is 5.91 Å². The Hall–Kier alpha value is -2.21. The highest BCUT2D eigenvalue weighted by atomic mass is 16.3. The first-order chi connectivity index (χ1) is 9.71. The van der Waals surface area contributed by atoms with E-state index in [0.717, 1.165) is 5.69 Å². The topological polar surface area (TPSA) is 80.0 Å². The minimum Gasteiger partial charge on any atom is -0.388 e. The van der Waals surface area contributed by atoms with E-state index in [4.69, 9.17) is 0 Å². The first-order valence-corrected chi connectivity index (χ1v) is 6.71. The number of hydrogen-bond donors (Lipinski definition) is 2. The van der Waals surface area contributed by atoms with E-state index in [1.165, 1.54) is 6.20 Å². The van der Waals surface area contributed by atoms with E-state index in [2.05, 4.69) is 15.4 Å². The Labute approximate surface area is 123 Å². The second-order valence-corrected chi connectivity index (χ2v) is 6.02. The third-order valence-electron chi connectivity index (χ3n) is 3.71. The average molecular weight is 288 g/mol. The molecule has 6 nitrogen and oxygen atoms in total. The van der Waals surface area contributed by atoms with Crippen molar-refractivity contribution in [2.45, 2.75) is 38.8 Å². The average Bonchev–Trinajstić information content (AvgIpc) is 2.87. The van der Waals surface area contributed by atoms with Crippen LogP contribution >= 0.6 is 0 Å². The molecule has 0 aliphatic rings. The summed E-state index contributed by atoms with van der Waals surface area (Å²) in [5.74, 6) is -0.280. The standard InChI is InChI=1S/C15H20N4O2/c1-14(2,15(3,4)21)18-13(20)11-8-17-19(10-11)12-6-5-7-16-9-12/h5-10,21H,1-4H3,(H,18,20). The van der Waals surface area contributed by atoms with E-state index in [1.807, 2.05) is 6.07 Å². The zero-order chi connectivity index (χ0) is 15.7. The molecule has 1 amide bonds. The molecular weight excluding hydrogens is 268 g/mol. The monoisotopic (exact) mass is 288 g/mol. The summed E-state index contributed by atoms with van der Waals surface area (Å²) in [7, 11) is 0. The van der Waals surface area contributed by atoms with Gasteiger partial charge in [-0.25, -0.2) is 4.68 Å². The fraction of sp³-hybridized carbons (Fsp3) is 0.400. The van der Waals surface area contributed by atoms with E-state index < -0.39 is 11.1 Å². The van der Waals surface area contributed by atoms with Gasteiger partial charge in [-0.1, -0.05) is 0 Å².